The van der Waals surface area contributed by atoms with Crippen LogP contribution >= 0.6 is 0 Å². The predicted octanol–water partition coefficient (Wildman–Crippen LogP) is 6.43. The molecule has 0 N–H and O–H groups in total. The molecule has 0 aliphatic rings. The molecule has 7 aromatic rings. The number of benzene rings is 4. The molecule has 0 bridgehead atoms. The smallest absolute Gasteiger partial charge is 0.294 e. The molecule has 3 nitrogen and oxygen atoms in total. The van der Waals surface area contributed by atoms with Crippen molar-refractivity contribution in [2.75, 3.05) is 0 Å². The first-order valence-electron chi connectivity index (χ1n) is 10.3. The van der Waals surface area contributed by atoms with Crippen LogP contribution in [0.15, 0.2) is 83.5 Å². The van der Waals surface area contributed by atoms with E-state index >= 15 is 0 Å². The second-order valence-electron chi connectivity index (χ2n) is 8.23. The quantitative estimate of drug-likeness (QED) is 0.217. The largest absolute Gasteiger partial charge is 0.456 e. The summed E-state index contributed by atoms with van der Waals surface area (Å²) < 4.78 is 10.9. The van der Waals surface area contributed by atoms with Crippen molar-refractivity contribution in [2.24, 2.45) is 7.05 Å². The van der Waals surface area contributed by atoms with Crippen LogP contribution in [0.1, 0.15) is 5.56 Å². The third-order valence-corrected chi connectivity index (χ3v) is 6.53. The van der Waals surface area contributed by atoms with Gasteiger partial charge in [0.05, 0.1) is 12.4 Å². The molecule has 0 spiro atoms. The van der Waals surface area contributed by atoms with Crippen LogP contribution in [0.25, 0.3) is 60.0 Å². The maximum absolute atomic E-state index is 6.35. The Balaban J connectivity index is 1.79. The second kappa shape index (κ2) is 5.39. The van der Waals surface area contributed by atoms with Crippen molar-refractivity contribution in [1.29, 1.82) is 0 Å². The Kier molecular flexibility index (Phi) is 2.88. The van der Waals surface area contributed by atoms with Gasteiger partial charge in [-0.1, -0.05) is 48.5 Å². The highest BCUT2D eigenvalue weighted by Gasteiger charge is 2.21. The molecular formula is C27H19N2O+. The lowest BCUT2D eigenvalue weighted by Gasteiger charge is -2.07. The van der Waals surface area contributed by atoms with E-state index in [-0.39, 0.29) is 0 Å². The molecule has 142 valence electrons. The Labute approximate surface area is 172 Å². The Morgan fingerprint density at radius 2 is 1.63 bits per heavy atom. The van der Waals surface area contributed by atoms with Gasteiger partial charge in [0, 0.05) is 21.5 Å². The average Bonchev–Trinajstić information content (AvgIpc) is 3.33. The van der Waals surface area contributed by atoms with Gasteiger partial charge in [0.1, 0.15) is 29.1 Å². The molecule has 7 rings (SSSR count). The van der Waals surface area contributed by atoms with E-state index in [0.29, 0.717) is 0 Å². The van der Waals surface area contributed by atoms with Gasteiger partial charge in [0.25, 0.3) is 5.65 Å². The van der Waals surface area contributed by atoms with Crippen LogP contribution in [0.4, 0.5) is 0 Å². The van der Waals surface area contributed by atoms with E-state index in [1.54, 1.807) is 0 Å². The van der Waals surface area contributed by atoms with Crippen LogP contribution in [0.2, 0.25) is 0 Å². The van der Waals surface area contributed by atoms with E-state index in [1.807, 2.05) is 0 Å². The van der Waals surface area contributed by atoms with Crippen molar-refractivity contribution in [3.05, 3.63) is 84.7 Å². The molecule has 0 saturated heterocycles. The molecule has 0 unspecified atom stereocenters. The molecule has 0 saturated carbocycles. The van der Waals surface area contributed by atoms with E-state index in [0.717, 1.165) is 11.2 Å². The van der Waals surface area contributed by atoms with Crippen molar-refractivity contribution >= 4 is 60.0 Å². The topological polar surface area (TPSA) is 21.4 Å². The normalized spacial score (nSPS) is 12.3. The summed E-state index contributed by atoms with van der Waals surface area (Å²) in [5.41, 5.74) is 5.57. The van der Waals surface area contributed by atoms with E-state index < -0.39 is 0 Å². The fraction of sp³-hybridized carbons (Fsp3) is 0.0741. The molecule has 3 aromatic heterocycles. The molecule has 0 amide bonds. The summed E-state index contributed by atoms with van der Waals surface area (Å²) in [6.45, 7) is 2.19. The van der Waals surface area contributed by atoms with Gasteiger partial charge in [-0.2, -0.15) is 4.40 Å². The van der Waals surface area contributed by atoms with Crippen LogP contribution < -0.4 is 4.57 Å². The van der Waals surface area contributed by atoms with E-state index in [9.17, 15) is 0 Å². The maximum atomic E-state index is 6.35. The summed E-state index contributed by atoms with van der Waals surface area (Å²) in [5, 5.41) is 8.60. The monoisotopic (exact) mass is 387 g/mol. The lowest BCUT2D eigenvalue weighted by atomic mass is 9.99. The molecule has 4 aromatic carbocycles. The van der Waals surface area contributed by atoms with Crippen LogP contribution in [0, 0.1) is 6.92 Å². The Morgan fingerprint density at radius 1 is 0.767 bits per heavy atom. The van der Waals surface area contributed by atoms with Gasteiger partial charge in [-0.3, -0.25) is 0 Å². The summed E-state index contributed by atoms with van der Waals surface area (Å²) in [7, 11) is 2.12. The van der Waals surface area contributed by atoms with Crippen molar-refractivity contribution in [3.8, 4) is 0 Å². The molecule has 0 radical (unpaired) electrons. The molecular weight excluding hydrogens is 368 g/mol. The SMILES string of the molecule is Cc1cccc2c3cc4oc5ccc6ccccc6c5c4cc3n3cc[n+](C)c3c12. The first-order valence-corrected chi connectivity index (χ1v) is 10.3. The highest BCUT2D eigenvalue weighted by atomic mass is 16.3. The molecule has 0 fully saturated rings. The first-order chi connectivity index (χ1) is 14.7. The fourth-order valence-electron chi connectivity index (χ4n) is 5.15. The van der Waals surface area contributed by atoms with Gasteiger partial charge >= 0.3 is 0 Å². The van der Waals surface area contributed by atoms with E-state index in [4.69, 9.17) is 4.42 Å². The zero-order valence-corrected chi connectivity index (χ0v) is 16.8. The highest BCUT2D eigenvalue weighted by Crippen LogP contribution is 2.39. The summed E-state index contributed by atoms with van der Waals surface area (Å²) in [6.07, 6.45) is 4.30. The zero-order chi connectivity index (χ0) is 20.0. The molecule has 3 heteroatoms. The number of hydrogen-bond donors (Lipinski definition) is 0. The van der Waals surface area contributed by atoms with Crippen LogP contribution in [-0.4, -0.2) is 4.40 Å². The van der Waals surface area contributed by atoms with Gasteiger partial charge < -0.3 is 4.42 Å². The van der Waals surface area contributed by atoms with Crippen LogP contribution in [0.5, 0.6) is 0 Å². The van der Waals surface area contributed by atoms with Gasteiger partial charge in [0.15, 0.2) is 0 Å². The van der Waals surface area contributed by atoms with E-state index in [1.165, 1.54) is 54.4 Å². The zero-order valence-electron chi connectivity index (χ0n) is 16.8. The van der Waals surface area contributed by atoms with Gasteiger partial charge in [-0.05, 0) is 41.5 Å². The Morgan fingerprint density at radius 3 is 2.57 bits per heavy atom. The maximum Gasteiger partial charge on any atom is 0.294 e. The third kappa shape index (κ3) is 1.87. The Bertz CT molecular complexity index is 1820. The fourth-order valence-corrected chi connectivity index (χ4v) is 5.15. The Hall–Kier alpha value is -3.85. The summed E-state index contributed by atoms with van der Waals surface area (Å²) >= 11 is 0. The number of fused-ring (bicyclic) bond motifs is 11. The highest BCUT2D eigenvalue weighted by molar-refractivity contribution is 6.23. The molecule has 0 aliphatic carbocycles. The minimum atomic E-state index is 0.938. The van der Waals surface area contributed by atoms with Crippen LogP contribution in [-0.2, 0) is 7.05 Å². The van der Waals surface area contributed by atoms with Crippen molar-refractivity contribution in [3.63, 3.8) is 0 Å². The lowest BCUT2D eigenvalue weighted by molar-refractivity contribution is -0.643. The summed E-state index contributed by atoms with van der Waals surface area (Å²) in [5.74, 6) is 0. The molecule has 30 heavy (non-hydrogen) atoms. The van der Waals surface area contributed by atoms with Crippen molar-refractivity contribution < 1.29 is 8.98 Å². The average molecular weight is 387 g/mol. The number of pyridine rings is 1. The van der Waals surface area contributed by atoms with E-state index in [2.05, 4.69) is 102 Å². The molecule has 0 aliphatic heterocycles. The summed E-state index contributed by atoms with van der Waals surface area (Å²) in [6, 6.07) is 23.9. The molecule has 3 heterocycles. The number of furan rings is 1. The van der Waals surface area contributed by atoms with Gasteiger partial charge in [-0.15, -0.1) is 0 Å². The van der Waals surface area contributed by atoms with Crippen molar-refractivity contribution in [2.45, 2.75) is 6.92 Å². The van der Waals surface area contributed by atoms with Crippen LogP contribution in [0.3, 0.4) is 0 Å². The number of rotatable bonds is 0. The van der Waals surface area contributed by atoms with Gasteiger partial charge in [0.2, 0.25) is 0 Å². The minimum Gasteiger partial charge on any atom is -0.456 e. The van der Waals surface area contributed by atoms with Gasteiger partial charge in [-0.25, -0.2) is 4.57 Å². The number of aromatic nitrogens is 2. The predicted molar refractivity (Wildman–Crippen MR) is 123 cm³/mol. The van der Waals surface area contributed by atoms with Crippen molar-refractivity contribution in [1.82, 2.24) is 4.40 Å². The number of nitrogens with zero attached hydrogens (tertiary/aromatic N) is 2. The number of hydrogen-bond acceptors (Lipinski definition) is 1. The molecule has 0 atom stereocenters. The minimum absolute atomic E-state index is 0.938. The second-order valence-corrected chi connectivity index (χ2v) is 8.23. The third-order valence-electron chi connectivity index (χ3n) is 6.53. The standard InChI is InChI=1S/C27H19N2O/c1-16-6-5-9-19-20-15-24-21(14-22(20)29-13-12-28(2)27(29)25(16)19)26-18-8-4-3-7-17(18)10-11-23(26)30-24/h3-15H,1-2H3/q+1. The first kappa shape index (κ1) is 16.0. The number of imidazole rings is 1. The number of aryl methyl sites for hydroxylation is 2. The lowest BCUT2D eigenvalue weighted by Crippen LogP contribution is -2.26. The summed E-state index contributed by atoms with van der Waals surface area (Å²) in [4.78, 5) is 0.